The number of halogens is 1. The minimum atomic E-state index is -0.385. The van der Waals surface area contributed by atoms with Crippen molar-refractivity contribution in [3.63, 3.8) is 0 Å². The molecule has 0 aliphatic carbocycles. The number of hydrogen-bond donors (Lipinski definition) is 0. The first kappa shape index (κ1) is 14.3. The molecule has 1 aromatic heterocycles. The number of benzene rings is 1. The first-order valence-electron chi connectivity index (χ1n) is 7.07. The van der Waals surface area contributed by atoms with E-state index in [9.17, 15) is 4.79 Å². The highest BCUT2D eigenvalue weighted by Gasteiger charge is 2.18. The number of aromatic nitrogens is 1. The summed E-state index contributed by atoms with van der Waals surface area (Å²) in [5, 5.41) is 1.90. The lowest BCUT2D eigenvalue weighted by atomic mass is 10.1. The van der Waals surface area contributed by atoms with Gasteiger partial charge in [-0.15, -0.1) is 0 Å². The van der Waals surface area contributed by atoms with Crippen LogP contribution in [0.2, 0.25) is 5.15 Å². The summed E-state index contributed by atoms with van der Waals surface area (Å²) in [6.45, 7) is 1.03. The Morgan fingerprint density at radius 3 is 2.90 bits per heavy atom. The summed E-state index contributed by atoms with van der Waals surface area (Å²) in [5.41, 5.74) is 0.436. The molecule has 0 amide bonds. The average molecular weight is 306 g/mol. The fourth-order valence-electron chi connectivity index (χ4n) is 2.51. The third-order valence-corrected chi connectivity index (χ3v) is 3.94. The Morgan fingerprint density at radius 2 is 2.14 bits per heavy atom. The zero-order valence-electron chi connectivity index (χ0n) is 11.5. The van der Waals surface area contributed by atoms with Gasteiger partial charge < -0.3 is 9.47 Å². The van der Waals surface area contributed by atoms with Gasteiger partial charge >= 0.3 is 5.97 Å². The predicted octanol–water partition coefficient (Wildman–Crippen LogP) is 3.61. The van der Waals surface area contributed by atoms with Gasteiger partial charge in [0, 0.05) is 23.6 Å². The van der Waals surface area contributed by atoms with Crippen LogP contribution in [0.25, 0.3) is 10.8 Å². The van der Waals surface area contributed by atoms with Crippen LogP contribution in [0.4, 0.5) is 0 Å². The highest BCUT2D eigenvalue weighted by atomic mass is 35.5. The molecule has 0 spiro atoms. The quantitative estimate of drug-likeness (QED) is 0.642. The van der Waals surface area contributed by atoms with E-state index in [0.717, 1.165) is 36.6 Å². The lowest BCUT2D eigenvalue weighted by Crippen LogP contribution is -2.26. The van der Waals surface area contributed by atoms with Gasteiger partial charge in [-0.1, -0.05) is 35.9 Å². The first-order chi connectivity index (χ1) is 10.3. The molecule has 1 saturated heterocycles. The van der Waals surface area contributed by atoms with E-state index in [-0.39, 0.29) is 18.7 Å². The smallest absolute Gasteiger partial charge is 0.340 e. The Kier molecular flexibility index (Phi) is 4.36. The largest absolute Gasteiger partial charge is 0.459 e. The Morgan fingerprint density at radius 1 is 1.33 bits per heavy atom. The molecule has 2 aromatic rings. The number of carbonyl (C=O) groups is 1. The number of carbonyl (C=O) groups excluding carboxylic acids is 1. The molecule has 0 saturated carbocycles. The second-order valence-corrected chi connectivity index (χ2v) is 5.45. The molecule has 1 fully saturated rings. The number of nitrogens with zero attached hydrogens (tertiary/aromatic N) is 1. The van der Waals surface area contributed by atoms with Gasteiger partial charge in [0.05, 0.1) is 11.7 Å². The van der Waals surface area contributed by atoms with Crippen molar-refractivity contribution in [2.75, 3.05) is 13.2 Å². The van der Waals surface area contributed by atoms with Crippen molar-refractivity contribution >= 4 is 28.3 Å². The van der Waals surface area contributed by atoms with E-state index in [0.29, 0.717) is 10.7 Å². The predicted molar refractivity (Wildman–Crippen MR) is 80.6 cm³/mol. The minimum absolute atomic E-state index is 0.00854. The Bertz CT molecular complexity index is 653. The van der Waals surface area contributed by atoms with E-state index in [1.807, 2.05) is 24.3 Å². The van der Waals surface area contributed by atoms with Crippen LogP contribution in [0.1, 0.15) is 29.6 Å². The van der Waals surface area contributed by atoms with Gasteiger partial charge in [-0.2, -0.15) is 0 Å². The van der Waals surface area contributed by atoms with Gasteiger partial charge in [0.25, 0.3) is 0 Å². The van der Waals surface area contributed by atoms with Crippen molar-refractivity contribution in [2.24, 2.45) is 0 Å². The number of pyridine rings is 1. The SMILES string of the molecule is O=C(OCC1CCCCO1)c1cnc(Cl)c2ccccc12. The molecule has 2 heterocycles. The molecule has 0 bridgehead atoms. The van der Waals surface area contributed by atoms with E-state index < -0.39 is 0 Å². The third-order valence-electron chi connectivity index (χ3n) is 3.64. The maximum atomic E-state index is 12.3. The van der Waals surface area contributed by atoms with Crippen molar-refractivity contribution in [3.05, 3.63) is 41.2 Å². The first-order valence-corrected chi connectivity index (χ1v) is 7.45. The topological polar surface area (TPSA) is 48.4 Å². The van der Waals surface area contributed by atoms with Crippen LogP contribution >= 0.6 is 11.6 Å². The van der Waals surface area contributed by atoms with Gasteiger partial charge in [0.15, 0.2) is 0 Å². The summed E-state index contributed by atoms with van der Waals surface area (Å²) >= 11 is 6.05. The van der Waals surface area contributed by atoms with Crippen LogP contribution in [-0.4, -0.2) is 30.3 Å². The highest BCUT2D eigenvalue weighted by molar-refractivity contribution is 6.34. The highest BCUT2D eigenvalue weighted by Crippen LogP contribution is 2.25. The number of fused-ring (bicyclic) bond motifs is 1. The second kappa shape index (κ2) is 6.41. The number of esters is 1. The molecule has 1 atom stereocenters. The fraction of sp³-hybridized carbons (Fsp3) is 0.375. The van der Waals surface area contributed by atoms with Crippen LogP contribution in [0.3, 0.4) is 0 Å². The molecule has 21 heavy (non-hydrogen) atoms. The number of hydrogen-bond acceptors (Lipinski definition) is 4. The molecule has 4 nitrogen and oxygen atoms in total. The molecule has 0 radical (unpaired) electrons. The molecule has 1 aliphatic rings. The van der Waals surface area contributed by atoms with Crippen LogP contribution in [-0.2, 0) is 9.47 Å². The van der Waals surface area contributed by atoms with Crippen LogP contribution < -0.4 is 0 Å². The van der Waals surface area contributed by atoms with Crippen LogP contribution in [0.15, 0.2) is 30.5 Å². The van der Waals surface area contributed by atoms with E-state index in [1.165, 1.54) is 6.20 Å². The van der Waals surface area contributed by atoms with E-state index in [2.05, 4.69) is 4.98 Å². The van der Waals surface area contributed by atoms with Crippen molar-refractivity contribution in [3.8, 4) is 0 Å². The minimum Gasteiger partial charge on any atom is -0.459 e. The molecule has 110 valence electrons. The molecule has 3 rings (SSSR count). The van der Waals surface area contributed by atoms with Crippen LogP contribution in [0, 0.1) is 0 Å². The van der Waals surface area contributed by atoms with Gasteiger partial charge in [-0.25, -0.2) is 9.78 Å². The average Bonchev–Trinajstić information content (AvgIpc) is 2.54. The molecular formula is C16H16ClNO3. The number of rotatable bonds is 3. The zero-order chi connectivity index (χ0) is 14.7. The summed E-state index contributed by atoms with van der Waals surface area (Å²) < 4.78 is 10.9. The maximum absolute atomic E-state index is 12.3. The van der Waals surface area contributed by atoms with Crippen molar-refractivity contribution in [1.82, 2.24) is 4.98 Å². The summed E-state index contributed by atoms with van der Waals surface area (Å²) in [7, 11) is 0. The Labute approximate surface area is 128 Å². The monoisotopic (exact) mass is 305 g/mol. The van der Waals surface area contributed by atoms with E-state index in [4.69, 9.17) is 21.1 Å². The van der Waals surface area contributed by atoms with Crippen LogP contribution in [0.5, 0.6) is 0 Å². The zero-order valence-corrected chi connectivity index (χ0v) is 12.3. The molecule has 1 aromatic carbocycles. The summed E-state index contributed by atoms with van der Waals surface area (Å²) in [6.07, 6.45) is 4.61. The Hall–Kier alpha value is -1.65. The lowest BCUT2D eigenvalue weighted by Gasteiger charge is -2.22. The molecule has 0 N–H and O–H groups in total. The summed E-state index contributed by atoms with van der Waals surface area (Å²) in [4.78, 5) is 16.3. The van der Waals surface area contributed by atoms with Gasteiger partial charge in [0.2, 0.25) is 0 Å². The summed E-state index contributed by atoms with van der Waals surface area (Å²) in [5.74, 6) is -0.385. The lowest BCUT2D eigenvalue weighted by molar-refractivity contribution is -0.0299. The standard InChI is InChI=1S/C16H16ClNO3/c17-15-13-7-2-1-6-12(13)14(9-18-15)16(19)21-10-11-5-3-4-8-20-11/h1-2,6-7,9,11H,3-5,8,10H2. The van der Waals surface area contributed by atoms with Gasteiger partial charge in [0.1, 0.15) is 11.8 Å². The van der Waals surface area contributed by atoms with Gasteiger partial charge in [-0.05, 0) is 19.3 Å². The van der Waals surface area contributed by atoms with Crippen molar-refractivity contribution in [2.45, 2.75) is 25.4 Å². The van der Waals surface area contributed by atoms with Crippen molar-refractivity contribution < 1.29 is 14.3 Å². The molecule has 1 aliphatic heterocycles. The maximum Gasteiger partial charge on any atom is 0.340 e. The fourth-order valence-corrected chi connectivity index (χ4v) is 2.72. The van der Waals surface area contributed by atoms with E-state index in [1.54, 1.807) is 0 Å². The second-order valence-electron chi connectivity index (χ2n) is 5.10. The number of ether oxygens (including phenoxy) is 2. The molecule has 5 heteroatoms. The summed E-state index contributed by atoms with van der Waals surface area (Å²) in [6, 6.07) is 7.41. The third kappa shape index (κ3) is 3.17. The van der Waals surface area contributed by atoms with Gasteiger partial charge in [-0.3, -0.25) is 0 Å². The Balaban J connectivity index is 1.77. The van der Waals surface area contributed by atoms with E-state index >= 15 is 0 Å². The normalized spacial score (nSPS) is 18.6. The van der Waals surface area contributed by atoms with Crippen molar-refractivity contribution in [1.29, 1.82) is 0 Å². The molecule has 1 unspecified atom stereocenters. The molecular weight excluding hydrogens is 290 g/mol.